The van der Waals surface area contributed by atoms with Gasteiger partial charge in [0.25, 0.3) is 5.91 Å². The number of benzene rings is 1. The topological polar surface area (TPSA) is 49.4 Å². The highest BCUT2D eigenvalue weighted by Crippen LogP contribution is 2.22. The highest BCUT2D eigenvalue weighted by Gasteiger charge is 2.25. The first kappa shape index (κ1) is 17.5. The van der Waals surface area contributed by atoms with E-state index in [9.17, 15) is 9.59 Å². The third kappa shape index (κ3) is 4.81. The Hall–Kier alpha value is -1.84. The van der Waals surface area contributed by atoms with Crippen LogP contribution in [0.3, 0.4) is 0 Å². The highest BCUT2D eigenvalue weighted by molar-refractivity contribution is 5.96. The van der Waals surface area contributed by atoms with Crippen LogP contribution >= 0.6 is 0 Å². The number of nitrogens with zero attached hydrogens (tertiary/aromatic N) is 1. The van der Waals surface area contributed by atoms with Gasteiger partial charge >= 0.3 is 0 Å². The number of anilines is 1. The summed E-state index contributed by atoms with van der Waals surface area (Å²) in [5, 5.41) is 2.88. The van der Waals surface area contributed by atoms with Crippen molar-refractivity contribution in [3.8, 4) is 0 Å². The van der Waals surface area contributed by atoms with Gasteiger partial charge in [-0.3, -0.25) is 9.59 Å². The minimum absolute atomic E-state index is 0.0352. The summed E-state index contributed by atoms with van der Waals surface area (Å²) in [4.78, 5) is 26.4. The Bertz CT molecular complexity index is 525. The Morgan fingerprint density at radius 2 is 1.91 bits per heavy atom. The van der Waals surface area contributed by atoms with Gasteiger partial charge in [-0.15, -0.1) is 0 Å². The number of carbonyl (C=O) groups excluding carboxylic acids is 2. The van der Waals surface area contributed by atoms with E-state index >= 15 is 0 Å². The van der Waals surface area contributed by atoms with Crippen LogP contribution in [0, 0.1) is 0 Å². The van der Waals surface area contributed by atoms with Crippen molar-refractivity contribution in [2.24, 2.45) is 0 Å². The predicted octanol–water partition coefficient (Wildman–Crippen LogP) is 4.22. The SMILES string of the molecule is CCCCC(=O)Nc1ccc(C(=O)N2CCCCC2CC)cc1. The molecule has 1 unspecified atom stereocenters. The molecule has 0 spiro atoms. The lowest BCUT2D eigenvalue weighted by Crippen LogP contribution is -2.43. The summed E-state index contributed by atoms with van der Waals surface area (Å²) in [6.45, 7) is 5.07. The lowest BCUT2D eigenvalue weighted by atomic mass is 9.99. The van der Waals surface area contributed by atoms with Gasteiger partial charge in [-0.25, -0.2) is 0 Å². The summed E-state index contributed by atoms with van der Waals surface area (Å²) in [5.41, 5.74) is 1.46. The summed E-state index contributed by atoms with van der Waals surface area (Å²) >= 11 is 0. The second-order valence-electron chi connectivity index (χ2n) is 6.29. The second kappa shape index (κ2) is 8.70. The van der Waals surface area contributed by atoms with Gasteiger partial charge in [0.2, 0.25) is 5.91 Å². The number of unbranched alkanes of at least 4 members (excludes halogenated alkanes) is 1. The molecular weight excluding hydrogens is 288 g/mol. The molecule has 0 saturated carbocycles. The average molecular weight is 316 g/mol. The van der Waals surface area contributed by atoms with Crippen molar-refractivity contribution in [1.29, 1.82) is 0 Å². The third-order valence-corrected chi connectivity index (χ3v) is 4.53. The molecule has 1 heterocycles. The van der Waals surface area contributed by atoms with Crippen molar-refractivity contribution in [3.05, 3.63) is 29.8 Å². The second-order valence-corrected chi connectivity index (χ2v) is 6.29. The maximum Gasteiger partial charge on any atom is 0.254 e. The molecule has 2 amide bonds. The van der Waals surface area contributed by atoms with Crippen LogP contribution in [0.2, 0.25) is 0 Å². The summed E-state index contributed by atoms with van der Waals surface area (Å²) < 4.78 is 0. The summed E-state index contributed by atoms with van der Waals surface area (Å²) in [6.07, 6.45) is 6.87. The number of rotatable bonds is 6. The van der Waals surface area contributed by atoms with Crippen molar-refractivity contribution in [2.75, 3.05) is 11.9 Å². The fourth-order valence-electron chi connectivity index (χ4n) is 3.12. The first-order valence-electron chi connectivity index (χ1n) is 8.86. The zero-order valence-corrected chi connectivity index (χ0v) is 14.3. The van der Waals surface area contributed by atoms with Gasteiger partial charge in [0.05, 0.1) is 0 Å². The molecule has 0 aliphatic carbocycles. The Morgan fingerprint density at radius 3 is 2.57 bits per heavy atom. The zero-order chi connectivity index (χ0) is 16.7. The molecule has 0 aromatic heterocycles. The van der Waals surface area contributed by atoms with E-state index in [1.807, 2.05) is 29.2 Å². The van der Waals surface area contributed by atoms with Crippen molar-refractivity contribution < 1.29 is 9.59 Å². The number of likely N-dealkylation sites (tertiary alicyclic amines) is 1. The molecule has 1 aliphatic rings. The number of hydrogen-bond acceptors (Lipinski definition) is 2. The van der Waals surface area contributed by atoms with Crippen molar-refractivity contribution >= 4 is 17.5 Å². The molecule has 4 nitrogen and oxygen atoms in total. The van der Waals surface area contributed by atoms with Crippen molar-refractivity contribution in [2.45, 2.75) is 64.8 Å². The molecular formula is C19H28N2O2. The van der Waals surface area contributed by atoms with Gasteiger partial charge in [-0.2, -0.15) is 0 Å². The standard InChI is InChI=1S/C19H28N2O2/c1-3-5-9-18(22)20-16-12-10-15(11-13-16)19(23)21-14-7-6-8-17(21)4-2/h10-13,17H,3-9,14H2,1-2H3,(H,20,22). The first-order chi connectivity index (χ1) is 11.2. The Kier molecular flexibility index (Phi) is 6.63. The molecule has 1 aromatic carbocycles. The largest absolute Gasteiger partial charge is 0.336 e. The van der Waals surface area contributed by atoms with Crippen LogP contribution < -0.4 is 5.32 Å². The van der Waals surface area contributed by atoms with E-state index in [1.165, 1.54) is 6.42 Å². The Balaban J connectivity index is 1.98. The third-order valence-electron chi connectivity index (χ3n) is 4.53. The fraction of sp³-hybridized carbons (Fsp3) is 0.579. The summed E-state index contributed by atoms with van der Waals surface area (Å²) in [6, 6.07) is 7.65. The molecule has 0 radical (unpaired) electrons. The van der Waals surface area contributed by atoms with Crippen LogP contribution in [0.5, 0.6) is 0 Å². The fourth-order valence-corrected chi connectivity index (χ4v) is 3.12. The predicted molar refractivity (Wildman–Crippen MR) is 93.6 cm³/mol. The number of amides is 2. The number of piperidine rings is 1. The molecule has 0 bridgehead atoms. The van der Waals surface area contributed by atoms with Gasteiger partial charge in [0.1, 0.15) is 0 Å². The number of nitrogens with one attached hydrogen (secondary N) is 1. The molecule has 4 heteroatoms. The van der Waals surface area contributed by atoms with E-state index in [0.29, 0.717) is 18.0 Å². The van der Waals surface area contributed by atoms with E-state index < -0.39 is 0 Å². The monoisotopic (exact) mass is 316 g/mol. The smallest absolute Gasteiger partial charge is 0.254 e. The van der Waals surface area contributed by atoms with Gasteiger partial charge < -0.3 is 10.2 Å². The lowest BCUT2D eigenvalue weighted by Gasteiger charge is -2.35. The number of carbonyl (C=O) groups is 2. The van der Waals surface area contributed by atoms with Crippen LogP contribution in [-0.4, -0.2) is 29.3 Å². The maximum absolute atomic E-state index is 12.7. The minimum atomic E-state index is 0.0352. The summed E-state index contributed by atoms with van der Waals surface area (Å²) in [7, 11) is 0. The van der Waals surface area contributed by atoms with Crippen LogP contribution in [0.1, 0.15) is 69.2 Å². The molecule has 1 fully saturated rings. The molecule has 1 N–H and O–H groups in total. The molecule has 2 rings (SSSR count). The maximum atomic E-state index is 12.7. The van der Waals surface area contributed by atoms with Crippen LogP contribution in [-0.2, 0) is 4.79 Å². The van der Waals surface area contributed by atoms with E-state index in [2.05, 4.69) is 19.2 Å². The molecule has 1 aliphatic heterocycles. The van der Waals surface area contributed by atoms with E-state index in [4.69, 9.17) is 0 Å². The molecule has 126 valence electrons. The van der Waals surface area contributed by atoms with Gasteiger partial charge in [-0.05, 0) is 56.4 Å². The first-order valence-corrected chi connectivity index (χ1v) is 8.86. The minimum Gasteiger partial charge on any atom is -0.336 e. The molecule has 1 atom stereocenters. The average Bonchev–Trinajstić information content (AvgIpc) is 2.60. The number of hydrogen-bond donors (Lipinski definition) is 1. The molecule has 1 saturated heterocycles. The lowest BCUT2D eigenvalue weighted by molar-refractivity contribution is -0.116. The Morgan fingerprint density at radius 1 is 1.17 bits per heavy atom. The van der Waals surface area contributed by atoms with Crippen LogP contribution in [0.15, 0.2) is 24.3 Å². The normalized spacial score (nSPS) is 17.8. The zero-order valence-electron chi connectivity index (χ0n) is 14.3. The van der Waals surface area contributed by atoms with Crippen molar-refractivity contribution in [3.63, 3.8) is 0 Å². The Labute approximate surface area is 139 Å². The highest BCUT2D eigenvalue weighted by atomic mass is 16.2. The quantitative estimate of drug-likeness (QED) is 0.854. The van der Waals surface area contributed by atoms with E-state index in [1.54, 1.807) is 0 Å². The van der Waals surface area contributed by atoms with Crippen LogP contribution in [0.4, 0.5) is 5.69 Å². The molecule has 23 heavy (non-hydrogen) atoms. The van der Waals surface area contributed by atoms with Gasteiger partial charge in [-0.1, -0.05) is 20.3 Å². The van der Waals surface area contributed by atoms with Gasteiger partial charge in [0, 0.05) is 30.3 Å². The van der Waals surface area contributed by atoms with Crippen LogP contribution in [0.25, 0.3) is 0 Å². The van der Waals surface area contributed by atoms with E-state index in [-0.39, 0.29) is 11.8 Å². The molecule has 1 aromatic rings. The van der Waals surface area contributed by atoms with E-state index in [0.717, 1.165) is 44.3 Å². The summed E-state index contributed by atoms with van der Waals surface area (Å²) in [5.74, 6) is 0.147. The van der Waals surface area contributed by atoms with Gasteiger partial charge in [0.15, 0.2) is 0 Å². The van der Waals surface area contributed by atoms with Crippen molar-refractivity contribution in [1.82, 2.24) is 4.90 Å².